The molecule has 2 saturated heterocycles. The van der Waals surface area contributed by atoms with E-state index >= 15 is 0 Å². The van der Waals surface area contributed by atoms with Crippen molar-refractivity contribution >= 4 is 28.5 Å². The summed E-state index contributed by atoms with van der Waals surface area (Å²) in [5.74, 6) is 1.03. The van der Waals surface area contributed by atoms with E-state index in [4.69, 9.17) is 5.10 Å². The molecule has 0 bridgehead atoms. The third kappa shape index (κ3) is 5.63. The average molecular weight is 562 g/mol. The van der Waals surface area contributed by atoms with Crippen molar-refractivity contribution in [1.29, 1.82) is 0 Å². The van der Waals surface area contributed by atoms with E-state index in [-0.39, 0.29) is 11.4 Å². The number of aromatic nitrogens is 1. The molecule has 6 rings (SSSR count). The number of nitrogens with one attached hydrogen (secondary N) is 1. The zero-order chi connectivity index (χ0) is 27.8. The van der Waals surface area contributed by atoms with Gasteiger partial charge < -0.3 is 19.7 Å². The monoisotopic (exact) mass is 561 g/mol. The molecule has 0 aliphatic carbocycles. The van der Waals surface area contributed by atoms with Crippen LogP contribution in [0.4, 0.5) is 0 Å². The van der Waals surface area contributed by atoms with E-state index in [1.807, 2.05) is 5.01 Å². The van der Waals surface area contributed by atoms with Gasteiger partial charge in [-0.15, -0.1) is 5.10 Å². The summed E-state index contributed by atoms with van der Waals surface area (Å²) in [5.41, 5.74) is 6.43. The quantitative estimate of drug-likeness (QED) is 0.568. The Labute approximate surface area is 243 Å². The number of nitrogens with zero attached hydrogens (tertiary/aromatic N) is 6. The number of amidine groups is 1. The number of hydrogen-bond acceptors (Lipinski definition) is 7. The highest BCUT2D eigenvalue weighted by Gasteiger charge is 2.37. The SMILES string of the molecule is Cc1ccc(C)n1CCN1CCN(C(=O)C2CCN(C3=NN4C=C(c5ccc(C(C)C)cc5)NC4S3)CC2)CC1. The summed E-state index contributed by atoms with van der Waals surface area (Å²) in [6.07, 6.45) is 3.93. The fourth-order valence-electron chi connectivity index (χ4n) is 6.23. The zero-order valence-corrected chi connectivity index (χ0v) is 25.2. The number of benzene rings is 1. The van der Waals surface area contributed by atoms with Gasteiger partial charge in [0, 0.05) is 69.7 Å². The first-order valence-electron chi connectivity index (χ1n) is 14.9. The second-order valence-corrected chi connectivity index (χ2v) is 12.9. The van der Waals surface area contributed by atoms with Crippen LogP contribution in [0.15, 0.2) is 47.7 Å². The molecular weight excluding hydrogens is 518 g/mol. The molecule has 8 nitrogen and oxygen atoms in total. The van der Waals surface area contributed by atoms with Gasteiger partial charge in [-0.1, -0.05) is 38.1 Å². The van der Waals surface area contributed by atoms with Crippen LogP contribution in [-0.4, -0.2) is 86.7 Å². The number of piperidine rings is 1. The Balaban J connectivity index is 0.956. The zero-order valence-electron chi connectivity index (χ0n) is 24.3. The van der Waals surface area contributed by atoms with Crippen molar-refractivity contribution in [1.82, 2.24) is 29.6 Å². The van der Waals surface area contributed by atoms with Gasteiger partial charge >= 0.3 is 0 Å². The van der Waals surface area contributed by atoms with E-state index < -0.39 is 0 Å². The van der Waals surface area contributed by atoms with Crippen LogP contribution >= 0.6 is 11.8 Å². The van der Waals surface area contributed by atoms with Crippen LogP contribution in [0.25, 0.3) is 5.70 Å². The minimum absolute atomic E-state index is 0.107. The molecule has 4 aliphatic heterocycles. The van der Waals surface area contributed by atoms with Crippen molar-refractivity contribution < 1.29 is 4.79 Å². The van der Waals surface area contributed by atoms with Gasteiger partial charge in [0.2, 0.25) is 5.91 Å². The molecule has 1 unspecified atom stereocenters. The fourth-order valence-corrected chi connectivity index (χ4v) is 7.30. The molecule has 1 aromatic heterocycles. The molecule has 1 amide bonds. The number of hydrogen-bond donors (Lipinski definition) is 1. The number of piperazine rings is 1. The maximum absolute atomic E-state index is 13.3. The highest BCUT2D eigenvalue weighted by Crippen LogP contribution is 2.35. The van der Waals surface area contributed by atoms with Crippen molar-refractivity contribution in [2.75, 3.05) is 45.8 Å². The normalized spacial score (nSPS) is 22.0. The lowest BCUT2D eigenvalue weighted by molar-refractivity contribution is -0.138. The highest BCUT2D eigenvalue weighted by molar-refractivity contribution is 8.14. The largest absolute Gasteiger partial charge is 0.353 e. The summed E-state index contributed by atoms with van der Waals surface area (Å²) in [7, 11) is 0. The molecule has 40 heavy (non-hydrogen) atoms. The van der Waals surface area contributed by atoms with E-state index in [0.717, 1.165) is 76.1 Å². The number of hydrazone groups is 1. The lowest BCUT2D eigenvalue weighted by atomic mass is 9.95. The predicted octanol–water partition coefficient (Wildman–Crippen LogP) is 4.29. The highest BCUT2D eigenvalue weighted by atomic mass is 32.2. The third-order valence-electron chi connectivity index (χ3n) is 8.94. The van der Waals surface area contributed by atoms with E-state index in [1.165, 1.54) is 22.5 Å². The van der Waals surface area contributed by atoms with E-state index in [0.29, 0.717) is 11.8 Å². The molecule has 4 aliphatic rings. The molecule has 0 radical (unpaired) electrons. The van der Waals surface area contributed by atoms with Crippen LogP contribution < -0.4 is 5.32 Å². The van der Waals surface area contributed by atoms with Crippen molar-refractivity contribution in [3.8, 4) is 0 Å². The topological polar surface area (TPSA) is 59.4 Å². The van der Waals surface area contributed by atoms with Gasteiger partial charge in [0.25, 0.3) is 0 Å². The number of likely N-dealkylation sites (tertiary alicyclic amines) is 1. The van der Waals surface area contributed by atoms with Crippen molar-refractivity contribution in [2.45, 2.75) is 58.5 Å². The van der Waals surface area contributed by atoms with Gasteiger partial charge in [-0.05, 0) is 67.6 Å². The molecule has 2 fully saturated rings. The molecule has 0 spiro atoms. The second-order valence-electron chi connectivity index (χ2n) is 11.9. The van der Waals surface area contributed by atoms with Crippen LogP contribution in [-0.2, 0) is 11.3 Å². The first kappa shape index (κ1) is 27.3. The number of fused-ring (bicyclic) bond motifs is 1. The molecule has 214 valence electrons. The third-order valence-corrected chi connectivity index (χ3v) is 10.1. The lowest BCUT2D eigenvalue weighted by Crippen LogP contribution is -2.52. The average Bonchev–Trinajstić information content (AvgIpc) is 3.65. The Bertz CT molecular complexity index is 1250. The first-order valence-corrected chi connectivity index (χ1v) is 15.7. The first-order chi connectivity index (χ1) is 19.4. The van der Waals surface area contributed by atoms with E-state index in [9.17, 15) is 4.79 Å². The standard InChI is InChI=1S/C31H43N7OS/c1-22(2)25-7-9-26(10-8-25)28-21-38-30(32-28)40-31(33-38)36-13-11-27(12-14-36)29(39)35-18-15-34(16-19-35)17-20-37-23(3)5-6-24(37)4/h5-10,21-22,27,30,32H,11-20H2,1-4H3. The minimum atomic E-state index is 0.107. The summed E-state index contributed by atoms with van der Waals surface area (Å²) in [6.45, 7) is 16.3. The maximum Gasteiger partial charge on any atom is 0.225 e. The summed E-state index contributed by atoms with van der Waals surface area (Å²) in [5, 5.41) is 11.6. The summed E-state index contributed by atoms with van der Waals surface area (Å²) < 4.78 is 2.39. The number of amides is 1. The Hall–Kier alpha value is -2.91. The number of carbonyl (C=O) groups is 1. The Morgan fingerprint density at radius 2 is 1.62 bits per heavy atom. The molecule has 0 saturated carbocycles. The number of rotatable bonds is 6. The van der Waals surface area contributed by atoms with Crippen molar-refractivity contribution in [3.05, 3.63) is 65.1 Å². The van der Waals surface area contributed by atoms with Gasteiger partial charge in [0.15, 0.2) is 10.7 Å². The van der Waals surface area contributed by atoms with Crippen molar-refractivity contribution in [2.24, 2.45) is 11.0 Å². The molecule has 2 aromatic rings. The van der Waals surface area contributed by atoms with Crippen LogP contribution in [0.1, 0.15) is 55.1 Å². The summed E-state index contributed by atoms with van der Waals surface area (Å²) in [4.78, 5) is 20.3. The predicted molar refractivity (Wildman–Crippen MR) is 164 cm³/mol. The molecule has 1 aromatic carbocycles. The Morgan fingerprint density at radius 3 is 2.25 bits per heavy atom. The Morgan fingerprint density at radius 1 is 0.950 bits per heavy atom. The molecule has 1 atom stereocenters. The van der Waals surface area contributed by atoms with E-state index in [1.54, 1.807) is 11.8 Å². The molecule has 9 heteroatoms. The maximum atomic E-state index is 13.3. The summed E-state index contributed by atoms with van der Waals surface area (Å²) in [6, 6.07) is 13.2. The number of carbonyl (C=O) groups excluding carboxylic acids is 1. The lowest BCUT2D eigenvalue weighted by Gasteiger charge is -2.39. The van der Waals surface area contributed by atoms with Crippen molar-refractivity contribution in [3.63, 3.8) is 0 Å². The minimum Gasteiger partial charge on any atom is -0.353 e. The fraction of sp³-hybridized carbons (Fsp3) is 0.548. The van der Waals surface area contributed by atoms with Crippen LogP contribution in [0.5, 0.6) is 0 Å². The molecule has 5 heterocycles. The molecular formula is C31H43N7OS. The van der Waals surface area contributed by atoms with Crippen LogP contribution in [0.3, 0.4) is 0 Å². The van der Waals surface area contributed by atoms with Crippen LogP contribution in [0.2, 0.25) is 0 Å². The van der Waals surface area contributed by atoms with E-state index in [2.05, 4.69) is 94.9 Å². The second kappa shape index (κ2) is 11.5. The van der Waals surface area contributed by atoms with Gasteiger partial charge in [0.1, 0.15) is 0 Å². The Kier molecular flexibility index (Phi) is 7.86. The molecule has 1 N–H and O–H groups in total. The summed E-state index contributed by atoms with van der Waals surface area (Å²) >= 11 is 1.77. The van der Waals surface area contributed by atoms with Crippen LogP contribution in [0, 0.1) is 19.8 Å². The van der Waals surface area contributed by atoms with Gasteiger partial charge in [0.05, 0.1) is 11.9 Å². The van der Waals surface area contributed by atoms with Gasteiger partial charge in [-0.3, -0.25) is 9.69 Å². The number of thioether (sulfide) groups is 1. The number of aryl methyl sites for hydroxylation is 2. The van der Waals surface area contributed by atoms with Gasteiger partial charge in [-0.2, -0.15) is 0 Å². The van der Waals surface area contributed by atoms with Gasteiger partial charge in [-0.25, -0.2) is 5.01 Å². The smallest absolute Gasteiger partial charge is 0.225 e.